The number of ether oxygens (including phenoxy) is 1. The molecule has 1 aromatic carbocycles. The minimum absolute atomic E-state index is 0.237. The number of nitrogens with zero attached hydrogens (tertiary/aromatic N) is 6. The van der Waals surface area contributed by atoms with Gasteiger partial charge >= 0.3 is 0 Å². The summed E-state index contributed by atoms with van der Waals surface area (Å²) in [6.45, 7) is 3.38. The predicted octanol–water partition coefficient (Wildman–Crippen LogP) is 2.93. The Kier molecular flexibility index (Phi) is 4.80. The van der Waals surface area contributed by atoms with Crippen molar-refractivity contribution in [1.82, 2.24) is 24.3 Å². The molecule has 3 aromatic heterocycles. The van der Waals surface area contributed by atoms with E-state index in [0.717, 1.165) is 41.1 Å². The summed E-state index contributed by atoms with van der Waals surface area (Å²) in [4.78, 5) is 11.2. The SMILES string of the molecule is Cn1cc(Nc2ncc3ccn(Cc4cc(F)cc(N5CCOCC5)c4)c3n2)cn1. The van der Waals surface area contributed by atoms with Crippen LogP contribution in [0.3, 0.4) is 0 Å². The summed E-state index contributed by atoms with van der Waals surface area (Å²) in [6, 6.07) is 7.16. The Morgan fingerprint density at radius 2 is 2.03 bits per heavy atom. The molecule has 1 saturated heterocycles. The van der Waals surface area contributed by atoms with Crippen molar-refractivity contribution in [2.45, 2.75) is 6.54 Å². The number of morpholine rings is 1. The first-order valence-electron chi connectivity index (χ1n) is 9.84. The van der Waals surface area contributed by atoms with Crippen molar-refractivity contribution in [1.29, 1.82) is 0 Å². The van der Waals surface area contributed by atoms with Crippen LogP contribution in [-0.4, -0.2) is 50.6 Å². The molecule has 0 amide bonds. The normalized spacial score (nSPS) is 14.4. The zero-order chi connectivity index (χ0) is 20.5. The molecule has 1 fully saturated rings. The van der Waals surface area contributed by atoms with E-state index in [4.69, 9.17) is 4.74 Å². The molecule has 0 bridgehead atoms. The van der Waals surface area contributed by atoms with Crippen LogP contribution in [-0.2, 0) is 18.3 Å². The smallest absolute Gasteiger partial charge is 0.229 e. The van der Waals surface area contributed by atoms with Crippen LogP contribution in [0.5, 0.6) is 0 Å². The van der Waals surface area contributed by atoms with Crippen LogP contribution >= 0.6 is 0 Å². The third-order valence-corrected chi connectivity index (χ3v) is 5.13. The van der Waals surface area contributed by atoms with Crippen molar-refractivity contribution in [3.05, 3.63) is 60.4 Å². The van der Waals surface area contributed by atoms with Crippen LogP contribution in [0.2, 0.25) is 0 Å². The maximum absolute atomic E-state index is 14.3. The van der Waals surface area contributed by atoms with Gasteiger partial charge in [-0.2, -0.15) is 10.1 Å². The maximum atomic E-state index is 14.3. The van der Waals surface area contributed by atoms with Gasteiger partial charge in [-0.15, -0.1) is 0 Å². The summed E-state index contributed by atoms with van der Waals surface area (Å²) in [5, 5.41) is 8.23. The predicted molar refractivity (Wildman–Crippen MR) is 113 cm³/mol. The number of aromatic nitrogens is 5. The summed E-state index contributed by atoms with van der Waals surface area (Å²) in [7, 11) is 1.85. The lowest BCUT2D eigenvalue weighted by molar-refractivity contribution is 0.122. The number of halogens is 1. The molecule has 0 atom stereocenters. The number of aryl methyl sites for hydroxylation is 1. The van der Waals surface area contributed by atoms with Gasteiger partial charge in [-0.1, -0.05) is 0 Å². The van der Waals surface area contributed by atoms with Crippen LogP contribution in [0.1, 0.15) is 5.56 Å². The second kappa shape index (κ2) is 7.75. The number of hydrogen-bond donors (Lipinski definition) is 1. The van der Waals surface area contributed by atoms with E-state index >= 15 is 0 Å². The highest BCUT2D eigenvalue weighted by molar-refractivity contribution is 5.77. The van der Waals surface area contributed by atoms with Crippen LogP contribution < -0.4 is 10.2 Å². The second-order valence-electron chi connectivity index (χ2n) is 7.36. The maximum Gasteiger partial charge on any atom is 0.229 e. The van der Waals surface area contributed by atoms with Crippen LogP contribution in [0, 0.1) is 5.82 Å². The molecule has 1 aliphatic rings. The fourth-order valence-electron chi connectivity index (χ4n) is 3.70. The Balaban J connectivity index is 1.42. The second-order valence-corrected chi connectivity index (χ2v) is 7.36. The highest BCUT2D eigenvalue weighted by atomic mass is 19.1. The van der Waals surface area contributed by atoms with E-state index in [-0.39, 0.29) is 5.82 Å². The average molecular weight is 407 g/mol. The van der Waals surface area contributed by atoms with Gasteiger partial charge in [-0.3, -0.25) is 4.68 Å². The molecular formula is C21H22FN7O. The third-order valence-electron chi connectivity index (χ3n) is 5.13. The average Bonchev–Trinajstić information content (AvgIpc) is 3.34. The lowest BCUT2D eigenvalue weighted by Crippen LogP contribution is -2.36. The van der Waals surface area contributed by atoms with E-state index in [1.54, 1.807) is 29.2 Å². The van der Waals surface area contributed by atoms with E-state index in [0.29, 0.717) is 25.7 Å². The first kappa shape index (κ1) is 18.6. The van der Waals surface area contributed by atoms with Gasteiger partial charge in [-0.05, 0) is 29.8 Å². The number of benzene rings is 1. The van der Waals surface area contributed by atoms with Crippen molar-refractivity contribution >= 4 is 28.4 Å². The number of nitrogens with one attached hydrogen (secondary N) is 1. The van der Waals surface area contributed by atoms with Gasteiger partial charge in [0.05, 0.1) is 25.1 Å². The van der Waals surface area contributed by atoms with Crippen LogP contribution in [0.15, 0.2) is 49.1 Å². The Hall–Kier alpha value is -3.46. The molecule has 4 aromatic rings. The zero-order valence-corrected chi connectivity index (χ0v) is 16.6. The van der Waals surface area contributed by atoms with Gasteiger partial charge in [-0.25, -0.2) is 9.37 Å². The molecule has 154 valence electrons. The first-order valence-corrected chi connectivity index (χ1v) is 9.84. The van der Waals surface area contributed by atoms with Gasteiger partial charge in [0, 0.05) is 56.3 Å². The van der Waals surface area contributed by atoms with E-state index in [2.05, 4.69) is 25.3 Å². The summed E-state index contributed by atoms with van der Waals surface area (Å²) >= 11 is 0. The molecule has 0 spiro atoms. The molecule has 9 heteroatoms. The van der Waals surface area contributed by atoms with Crippen LogP contribution in [0.25, 0.3) is 11.0 Å². The topological polar surface area (TPSA) is 73.0 Å². The molecule has 30 heavy (non-hydrogen) atoms. The number of anilines is 3. The van der Waals surface area contributed by atoms with E-state index in [1.807, 2.05) is 36.1 Å². The fourth-order valence-corrected chi connectivity index (χ4v) is 3.70. The number of rotatable bonds is 5. The molecule has 1 N–H and O–H groups in total. The number of fused-ring (bicyclic) bond motifs is 1. The van der Waals surface area contributed by atoms with E-state index in [1.165, 1.54) is 0 Å². The first-order chi connectivity index (χ1) is 14.6. The lowest BCUT2D eigenvalue weighted by Gasteiger charge is -2.29. The Morgan fingerprint density at radius 1 is 1.17 bits per heavy atom. The Morgan fingerprint density at radius 3 is 2.83 bits per heavy atom. The monoisotopic (exact) mass is 407 g/mol. The van der Waals surface area contributed by atoms with Crippen molar-refractivity contribution in [3.8, 4) is 0 Å². The van der Waals surface area contributed by atoms with Crippen molar-refractivity contribution in [2.75, 3.05) is 36.5 Å². The quantitative estimate of drug-likeness (QED) is 0.548. The summed E-state index contributed by atoms with van der Waals surface area (Å²) < 4.78 is 23.4. The zero-order valence-electron chi connectivity index (χ0n) is 16.6. The molecule has 4 heterocycles. The van der Waals surface area contributed by atoms with Crippen LogP contribution in [0.4, 0.5) is 21.7 Å². The van der Waals surface area contributed by atoms with E-state index in [9.17, 15) is 4.39 Å². The Bertz CT molecular complexity index is 1180. The van der Waals surface area contributed by atoms with Gasteiger partial charge in [0.2, 0.25) is 5.95 Å². The standard InChI is InChI=1S/C21H22FN7O/c1-27-14-18(12-24-27)25-21-23-11-16-2-3-29(20(16)26-21)13-15-8-17(22)10-19(9-15)28-4-6-30-7-5-28/h2-3,8-12,14H,4-7,13H2,1H3,(H,23,25,26). The van der Waals surface area contributed by atoms with Crippen molar-refractivity contribution in [2.24, 2.45) is 7.05 Å². The largest absolute Gasteiger partial charge is 0.378 e. The molecule has 8 nitrogen and oxygen atoms in total. The number of hydrogen-bond acceptors (Lipinski definition) is 6. The van der Waals surface area contributed by atoms with Crippen molar-refractivity contribution in [3.63, 3.8) is 0 Å². The Labute approximate surface area is 172 Å². The molecule has 0 saturated carbocycles. The highest BCUT2D eigenvalue weighted by Gasteiger charge is 2.14. The van der Waals surface area contributed by atoms with Gasteiger partial charge in [0.1, 0.15) is 11.5 Å². The summed E-state index contributed by atoms with van der Waals surface area (Å²) in [5.74, 6) is 0.253. The minimum Gasteiger partial charge on any atom is -0.378 e. The molecule has 1 aliphatic heterocycles. The molecule has 0 aliphatic carbocycles. The van der Waals surface area contributed by atoms with E-state index < -0.39 is 0 Å². The van der Waals surface area contributed by atoms with Gasteiger partial charge < -0.3 is 19.5 Å². The van der Waals surface area contributed by atoms with Gasteiger partial charge in [0.15, 0.2) is 0 Å². The molecular weight excluding hydrogens is 385 g/mol. The molecule has 0 unspecified atom stereocenters. The molecule has 0 radical (unpaired) electrons. The van der Waals surface area contributed by atoms with Gasteiger partial charge in [0.25, 0.3) is 0 Å². The molecule has 5 rings (SSSR count). The summed E-state index contributed by atoms with van der Waals surface area (Å²) in [6.07, 6.45) is 7.30. The van der Waals surface area contributed by atoms with Crippen molar-refractivity contribution < 1.29 is 9.13 Å². The lowest BCUT2D eigenvalue weighted by atomic mass is 10.1. The summed E-state index contributed by atoms with van der Waals surface area (Å²) in [5.41, 5.74) is 3.37. The third kappa shape index (κ3) is 3.84. The fraction of sp³-hybridized carbons (Fsp3) is 0.286. The highest BCUT2D eigenvalue weighted by Crippen LogP contribution is 2.23. The minimum atomic E-state index is -0.237.